The van der Waals surface area contributed by atoms with Crippen molar-refractivity contribution in [3.8, 4) is 46.0 Å². The zero-order valence-electron chi connectivity index (χ0n) is 39.0. The zero-order valence-corrected chi connectivity index (χ0v) is 45.4. The van der Waals surface area contributed by atoms with E-state index >= 15 is 0 Å². The van der Waals surface area contributed by atoms with Gasteiger partial charge in [0, 0.05) is 68.2 Å². The first-order chi connectivity index (χ1) is 32.1. The van der Waals surface area contributed by atoms with E-state index < -0.39 is 0 Å². The van der Waals surface area contributed by atoms with Crippen LogP contribution in [0.25, 0.3) is 0 Å². The molecule has 3 aliphatic heterocycles. The van der Waals surface area contributed by atoms with Crippen molar-refractivity contribution in [3.05, 3.63) is 86.7 Å². The fourth-order valence-electron chi connectivity index (χ4n) is 10.8. The molecular formula is C54H66Br4O8. The molecule has 0 spiro atoms. The summed E-state index contributed by atoms with van der Waals surface area (Å²) in [6.07, 6.45) is 15.6. The van der Waals surface area contributed by atoms with Gasteiger partial charge in [0.05, 0.1) is 0 Å². The number of hydrogen-bond donors (Lipinski definition) is 2. The number of ether oxygens (including phenoxy) is 6. The largest absolute Gasteiger partial charge is 0.506 e. The molecule has 3 heterocycles. The van der Waals surface area contributed by atoms with Crippen LogP contribution in [0.2, 0.25) is 0 Å². The number of halogens is 4. The Bertz CT molecular complexity index is 2210. The van der Waals surface area contributed by atoms with Gasteiger partial charge in [0.25, 0.3) is 0 Å². The highest BCUT2D eigenvalue weighted by Crippen LogP contribution is 2.59. The smallest absolute Gasteiger partial charge is 0.141 e. The molecule has 0 aromatic heterocycles. The standard InChI is InChI=1S/C54H66Br4O8/c1-5-9-13-17-31-35-27-37-32(18-14-10-6-2)39-29-41-34(20-16-12-8-4)42-30-40-33(19-15-11-7-3)38-28-36(31)48(60)44(56)50(38)62-22-24-64-52(40)46(58)54(42)66-26-25-65-53(41)45(57)51(39)63-23-21-61-49(37)43(55)47(35)59/h27-34,59-60H,5-26H2,1-4H3. The molecular weight excluding hydrogens is 1100 g/mol. The summed E-state index contributed by atoms with van der Waals surface area (Å²) in [6.45, 7) is 10.7. The van der Waals surface area contributed by atoms with Crippen LogP contribution in [0.5, 0.6) is 46.0 Å². The van der Waals surface area contributed by atoms with E-state index in [1.54, 1.807) is 0 Å². The number of phenols is 2. The molecule has 4 aliphatic rings. The van der Waals surface area contributed by atoms with Gasteiger partial charge >= 0.3 is 0 Å². The van der Waals surface area contributed by atoms with Crippen molar-refractivity contribution in [1.82, 2.24) is 0 Å². The van der Waals surface area contributed by atoms with E-state index in [-0.39, 0.29) is 48.4 Å². The number of rotatable bonds is 16. The number of fused-ring (bicyclic) bond motifs is 2. The number of phenolic OH excluding ortho intramolecular Hbond substituents is 2. The summed E-state index contributed by atoms with van der Waals surface area (Å²) < 4.78 is 43.4. The predicted octanol–water partition coefficient (Wildman–Crippen LogP) is 16.6. The van der Waals surface area contributed by atoms with E-state index in [4.69, 9.17) is 28.4 Å². The van der Waals surface area contributed by atoms with Crippen molar-refractivity contribution < 1.29 is 38.6 Å². The highest BCUT2D eigenvalue weighted by Gasteiger charge is 2.39. The van der Waals surface area contributed by atoms with Gasteiger partial charge in [-0.2, -0.15) is 0 Å². The summed E-state index contributed by atoms with van der Waals surface area (Å²) in [7, 11) is 0. The van der Waals surface area contributed by atoms with E-state index in [2.05, 4.69) is 116 Å². The molecule has 0 radical (unpaired) electrons. The molecule has 8 nitrogen and oxygen atoms in total. The number of benzene rings is 4. The molecule has 358 valence electrons. The van der Waals surface area contributed by atoms with Crippen LogP contribution >= 0.6 is 63.7 Å². The Morgan fingerprint density at radius 3 is 0.803 bits per heavy atom. The average Bonchev–Trinajstić information content (AvgIpc) is 3.47. The average molecular weight is 1160 g/mol. The fourth-order valence-corrected chi connectivity index (χ4v) is 13.3. The maximum atomic E-state index is 12.6. The zero-order chi connectivity index (χ0) is 46.5. The molecule has 0 fully saturated rings. The van der Waals surface area contributed by atoms with Crippen molar-refractivity contribution in [1.29, 1.82) is 0 Å². The molecule has 8 rings (SSSR count). The second kappa shape index (κ2) is 22.7. The van der Waals surface area contributed by atoms with Crippen LogP contribution in [0.3, 0.4) is 0 Å². The predicted molar refractivity (Wildman–Crippen MR) is 277 cm³/mol. The third kappa shape index (κ3) is 9.83. The van der Waals surface area contributed by atoms with Crippen LogP contribution in [0.15, 0.2) is 42.2 Å². The minimum absolute atomic E-state index is 0.123. The number of aromatic hydroxyl groups is 2. The summed E-state index contributed by atoms with van der Waals surface area (Å²) in [5.74, 6) is 3.72. The van der Waals surface area contributed by atoms with Crippen molar-refractivity contribution in [2.75, 3.05) is 39.6 Å². The van der Waals surface area contributed by atoms with E-state index in [0.717, 1.165) is 173 Å². The Balaban J connectivity index is 1.57. The first-order valence-electron chi connectivity index (χ1n) is 24.7. The molecule has 66 heavy (non-hydrogen) atoms. The highest BCUT2D eigenvalue weighted by atomic mass is 79.9. The van der Waals surface area contributed by atoms with Gasteiger partial charge in [-0.15, -0.1) is 0 Å². The first-order valence-corrected chi connectivity index (χ1v) is 27.9. The summed E-state index contributed by atoms with van der Waals surface area (Å²) >= 11 is 16.2. The van der Waals surface area contributed by atoms with Crippen molar-refractivity contribution in [3.63, 3.8) is 0 Å². The van der Waals surface area contributed by atoms with Gasteiger partial charge in [-0.25, -0.2) is 0 Å². The third-order valence-corrected chi connectivity index (χ3v) is 17.0. The monoisotopic (exact) mass is 1160 g/mol. The molecule has 8 bridgehead atoms. The van der Waals surface area contributed by atoms with Crippen LogP contribution in [-0.4, -0.2) is 49.9 Å². The van der Waals surface area contributed by atoms with Crippen LogP contribution in [-0.2, 0) is 0 Å². The van der Waals surface area contributed by atoms with Gasteiger partial charge in [-0.1, -0.05) is 105 Å². The molecule has 4 aromatic carbocycles. The quantitative estimate of drug-likeness (QED) is 0.107. The molecule has 0 amide bonds. The molecule has 4 aromatic rings. The van der Waals surface area contributed by atoms with Gasteiger partial charge in [0.1, 0.15) is 104 Å². The minimum atomic E-state index is -0.375. The van der Waals surface area contributed by atoms with Crippen LogP contribution in [0.1, 0.15) is 199 Å². The molecule has 2 atom stereocenters. The van der Waals surface area contributed by atoms with E-state index in [9.17, 15) is 10.2 Å². The second-order valence-electron chi connectivity index (χ2n) is 18.4. The normalized spacial score (nSPS) is 19.5. The Labute approximate surface area is 425 Å². The summed E-state index contributed by atoms with van der Waals surface area (Å²) in [4.78, 5) is 0. The van der Waals surface area contributed by atoms with Crippen LogP contribution in [0.4, 0.5) is 0 Å². The van der Waals surface area contributed by atoms with Gasteiger partial charge in [0.15, 0.2) is 0 Å². The minimum Gasteiger partial charge on any atom is -0.506 e. The maximum Gasteiger partial charge on any atom is 0.141 e. The first kappa shape index (κ1) is 49.6. The van der Waals surface area contributed by atoms with Crippen molar-refractivity contribution in [2.24, 2.45) is 0 Å². The van der Waals surface area contributed by atoms with Crippen LogP contribution < -0.4 is 28.4 Å². The molecule has 1 aliphatic carbocycles. The van der Waals surface area contributed by atoms with Gasteiger partial charge in [0.2, 0.25) is 0 Å². The SMILES string of the molecule is CCCCCC1c2cc3c(c(Br)c2O)OCCOc2c(cc4c(c2Br)OCCOc2c(cc5c(c2Br)OCCOc2c(cc1c(O)c2Br)C5CCCCC)C4CCCCC)C3CCCCC. The fraction of sp³-hybridized carbons (Fsp3) is 0.556. The molecule has 0 saturated carbocycles. The van der Waals surface area contributed by atoms with Crippen molar-refractivity contribution in [2.45, 2.75) is 154 Å². The lowest BCUT2D eigenvalue weighted by Crippen LogP contribution is -2.14. The lowest BCUT2D eigenvalue weighted by atomic mass is 9.76. The van der Waals surface area contributed by atoms with E-state index in [1.165, 1.54) is 0 Å². The van der Waals surface area contributed by atoms with E-state index in [0.29, 0.717) is 53.3 Å². The Morgan fingerprint density at radius 2 is 0.561 bits per heavy atom. The summed E-state index contributed by atoms with van der Waals surface area (Å²) in [5, 5.41) is 25.1. The van der Waals surface area contributed by atoms with Gasteiger partial charge in [-0.3, -0.25) is 0 Å². The topological polar surface area (TPSA) is 95.8 Å². The van der Waals surface area contributed by atoms with Gasteiger partial charge < -0.3 is 38.6 Å². The number of unbranched alkanes of at least 4 members (excludes halogenated alkanes) is 8. The summed E-state index contributed by atoms with van der Waals surface area (Å²) in [5.41, 5.74) is 7.78. The van der Waals surface area contributed by atoms with Gasteiger partial charge in [-0.05, 0) is 114 Å². The Morgan fingerprint density at radius 1 is 0.348 bits per heavy atom. The van der Waals surface area contributed by atoms with Crippen LogP contribution in [0, 0.1) is 0 Å². The lowest BCUT2D eigenvalue weighted by Gasteiger charge is -2.31. The molecule has 2 N–H and O–H groups in total. The lowest BCUT2D eigenvalue weighted by molar-refractivity contribution is 0.205. The Kier molecular flexibility index (Phi) is 17.1. The molecule has 0 saturated heterocycles. The van der Waals surface area contributed by atoms with E-state index in [1.807, 2.05) is 0 Å². The maximum absolute atomic E-state index is 12.6. The number of hydrogen-bond acceptors (Lipinski definition) is 8. The second-order valence-corrected chi connectivity index (χ2v) is 21.6. The molecule has 2 unspecified atom stereocenters. The Hall–Kier alpha value is -2.80. The highest BCUT2D eigenvalue weighted by molar-refractivity contribution is 9.11. The third-order valence-electron chi connectivity index (χ3n) is 14.1. The summed E-state index contributed by atoms with van der Waals surface area (Å²) in [6, 6.07) is 9.13. The molecule has 12 heteroatoms. The van der Waals surface area contributed by atoms with Crippen molar-refractivity contribution >= 4 is 63.7 Å².